The Morgan fingerprint density at radius 3 is 2.65 bits per heavy atom. The molecule has 0 radical (unpaired) electrons. The maximum Gasteiger partial charge on any atom is 0.138 e. The molecule has 3 aromatic heterocycles. The van der Waals surface area contributed by atoms with Crippen LogP contribution in [0.3, 0.4) is 0 Å². The molecule has 4 heterocycles. The van der Waals surface area contributed by atoms with Crippen LogP contribution in [-0.2, 0) is 4.74 Å². The zero-order valence-corrected chi connectivity index (χ0v) is 20.9. The van der Waals surface area contributed by atoms with E-state index < -0.39 is 0 Å². The molecule has 0 saturated carbocycles. The van der Waals surface area contributed by atoms with Gasteiger partial charge in [-0.1, -0.05) is 30.0 Å². The molecular weight excluding hydrogens is 462 g/mol. The van der Waals surface area contributed by atoms with Crippen molar-refractivity contribution in [1.29, 1.82) is 5.26 Å². The minimum Gasteiger partial charge on any atom is -0.492 e. The van der Waals surface area contributed by atoms with Gasteiger partial charge in [-0.25, -0.2) is 9.50 Å². The number of nitrogens with zero attached hydrogens (tertiary/aromatic N) is 5. The average Bonchev–Trinajstić information content (AvgIpc) is 3.37. The van der Waals surface area contributed by atoms with Crippen LogP contribution in [0.1, 0.15) is 37.3 Å². The van der Waals surface area contributed by atoms with Crippen LogP contribution in [0.25, 0.3) is 16.6 Å². The first-order valence-electron chi connectivity index (χ1n) is 12.7. The van der Waals surface area contributed by atoms with Crippen molar-refractivity contribution in [2.75, 3.05) is 31.2 Å². The van der Waals surface area contributed by atoms with Crippen molar-refractivity contribution >= 4 is 11.3 Å². The highest BCUT2D eigenvalue weighted by Gasteiger charge is 2.21. The molecule has 7 nitrogen and oxygen atoms in total. The lowest BCUT2D eigenvalue weighted by Gasteiger charge is -2.32. The van der Waals surface area contributed by atoms with Crippen molar-refractivity contribution < 1.29 is 9.47 Å². The third-order valence-electron chi connectivity index (χ3n) is 6.43. The minimum absolute atomic E-state index is 0.259. The Hall–Kier alpha value is -4.33. The van der Waals surface area contributed by atoms with Gasteiger partial charge in [-0.15, -0.1) is 0 Å². The van der Waals surface area contributed by atoms with Gasteiger partial charge in [0.2, 0.25) is 0 Å². The number of hydrogen-bond donors (Lipinski definition) is 0. The van der Waals surface area contributed by atoms with Gasteiger partial charge in [-0.05, 0) is 50.1 Å². The van der Waals surface area contributed by atoms with Gasteiger partial charge in [-0.3, -0.25) is 0 Å². The second-order valence-electron chi connectivity index (χ2n) is 8.87. The number of hydrogen-bond acceptors (Lipinski definition) is 6. The lowest BCUT2D eigenvalue weighted by molar-refractivity contribution is 0.0407. The van der Waals surface area contributed by atoms with Crippen molar-refractivity contribution in [1.82, 2.24) is 14.6 Å². The zero-order valence-electron chi connectivity index (χ0n) is 20.9. The third-order valence-corrected chi connectivity index (χ3v) is 6.43. The Kier molecular flexibility index (Phi) is 7.64. The molecule has 1 aliphatic rings. The van der Waals surface area contributed by atoms with Crippen molar-refractivity contribution in [3.05, 3.63) is 78.2 Å². The Morgan fingerprint density at radius 2 is 1.92 bits per heavy atom. The van der Waals surface area contributed by atoms with Gasteiger partial charge < -0.3 is 14.4 Å². The molecule has 1 aliphatic heterocycles. The summed E-state index contributed by atoms with van der Waals surface area (Å²) in [6.07, 6.45) is 8.17. The quantitative estimate of drug-likeness (QED) is 0.265. The second kappa shape index (κ2) is 11.6. The summed E-state index contributed by atoms with van der Waals surface area (Å²) in [6, 6.07) is 18.3. The molecular formula is C30H29N5O2. The highest BCUT2D eigenvalue weighted by atomic mass is 16.5. The summed E-state index contributed by atoms with van der Waals surface area (Å²) >= 11 is 0. The fourth-order valence-corrected chi connectivity index (χ4v) is 4.59. The summed E-state index contributed by atoms with van der Waals surface area (Å²) in [5.74, 6) is 8.02. The largest absolute Gasteiger partial charge is 0.492 e. The molecule has 4 aromatic rings. The Bertz CT molecular complexity index is 1440. The van der Waals surface area contributed by atoms with Gasteiger partial charge in [0.05, 0.1) is 42.8 Å². The van der Waals surface area contributed by atoms with E-state index in [1.807, 2.05) is 55.6 Å². The molecule has 0 atom stereocenters. The standard InChI is InChI=1S/C30H29N5O2/c1-2-36-27-18-28(30-25(19-31)21-33-35(30)22-27)24-11-12-29(32-20-24)34-15-13-26(14-16-34)37-17-7-6-10-23-8-4-3-5-9-23/h3-5,8-9,11-12,18,20-22,26H,2,7,13-17H2,1H3. The smallest absolute Gasteiger partial charge is 0.138 e. The fourth-order valence-electron chi connectivity index (χ4n) is 4.59. The van der Waals surface area contributed by atoms with E-state index in [1.54, 1.807) is 16.9 Å². The first kappa shape index (κ1) is 24.4. The molecule has 0 amide bonds. The van der Waals surface area contributed by atoms with E-state index >= 15 is 0 Å². The lowest BCUT2D eigenvalue weighted by atomic mass is 10.0. The van der Waals surface area contributed by atoms with Gasteiger partial charge in [0, 0.05) is 42.4 Å². The van der Waals surface area contributed by atoms with Crippen molar-refractivity contribution in [2.24, 2.45) is 0 Å². The molecule has 0 spiro atoms. The van der Waals surface area contributed by atoms with Gasteiger partial charge in [0.25, 0.3) is 0 Å². The molecule has 1 fully saturated rings. The topological polar surface area (TPSA) is 75.7 Å². The summed E-state index contributed by atoms with van der Waals surface area (Å²) < 4.78 is 13.5. The van der Waals surface area contributed by atoms with Crippen LogP contribution in [0.2, 0.25) is 0 Å². The van der Waals surface area contributed by atoms with Crippen LogP contribution in [0, 0.1) is 23.2 Å². The van der Waals surface area contributed by atoms with Crippen LogP contribution in [0.15, 0.2) is 67.1 Å². The zero-order chi connectivity index (χ0) is 25.5. The first-order valence-corrected chi connectivity index (χ1v) is 12.7. The molecule has 1 aromatic carbocycles. The minimum atomic E-state index is 0.259. The summed E-state index contributed by atoms with van der Waals surface area (Å²) in [4.78, 5) is 7.05. The monoisotopic (exact) mass is 491 g/mol. The number of pyridine rings is 2. The van der Waals surface area contributed by atoms with E-state index in [0.717, 1.165) is 60.4 Å². The van der Waals surface area contributed by atoms with Gasteiger partial charge in [0.15, 0.2) is 0 Å². The maximum absolute atomic E-state index is 9.56. The average molecular weight is 492 g/mol. The Morgan fingerprint density at radius 1 is 1.08 bits per heavy atom. The number of benzene rings is 1. The summed E-state index contributed by atoms with van der Waals surface area (Å²) in [7, 11) is 0. The van der Waals surface area contributed by atoms with Gasteiger partial charge >= 0.3 is 0 Å². The van der Waals surface area contributed by atoms with E-state index in [0.29, 0.717) is 24.5 Å². The van der Waals surface area contributed by atoms with Crippen LogP contribution >= 0.6 is 0 Å². The highest BCUT2D eigenvalue weighted by molar-refractivity contribution is 5.85. The lowest BCUT2D eigenvalue weighted by Crippen LogP contribution is -2.37. The molecule has 0 unspecified atom stereocenters. The van der Waals surface area contributed by atoms with Gasteiger partial charge in [-0.2, -0.15) is 10.4 Å². The van der Waals surface area contributed by atoms with Gasteiger partial charge in [0.1, 0.15) is 17.6 Å². The van der Waals surface area contributed by atoms with Crippen LogP contribution in [-0.4, -0.2) is 47.0 Å². The highest BCUT2D eigenvalue weighted by Crippen LogP contribution is 2.31. The number of aromatic nitrogens is 3. The third kappa shape index (κ3) is 5.74. The Labute approximate surface area is 217 Å². The number of rotatable bonds is 7. The normalized spacial score (nSPS) is 13.7. The Balaban J connectivity index is 1.19. The van der Waals surface area contributed by atoms with E-state index in [1.165, 1.54) is 0 Å². The van der Waals surface area contributed by atoms with Crippen LogP contribution < -0.4 is 9.64 Å². The molecule has 0 aliphatic carbocycles. The second-order valence-corrected chi connectivity index (χ2v) is 8.87. The van der Waals surface area contributed by atoms with Crippen LogP contribution in [0.4, 0.5) is 5.82 Å². The molecule has 186 valence electrons. The predicted octanol–water partition coefficient (Wildman–Crippen LogP) is 5.09. The molecule has 5 rings (SSSR count). The van der Waals surface area contributed by atoms with E-state index in [-0.39, 0.29) is 6.10 Å². The molecule has 1 saturated heterocycles. The molecule has 37 heavy (non-hydrogen) atoms. The van der Waals surface area contributed by atoms with E-state index in [9.17, 15) is 5.26 Å². The van der Waals surface area contributed by atoms with E-state index in [2.05, 4.69) is 34.0 Å². The fraction of sp³-hybridized carbons (Fsp3) is 0.300. The number of anilines is 1. The summed E-state index contributed by atoms with van der Waals surface area (Å²) in [6.45, 7) is 4.95. The number of ether oxygens (including phenoxy) is 2. The maximum atomic E-state index is 9.56. The number of piperidine rings is 1. The summed E-state index contributed by atoms with van der Waals surface area (Å²) in [5.41, 5.74) is 4.11. The summed E-state index contributed by atoms with van der Waals surface area (Å²) in [5, 5.41) is 13.9. The first-order chi connectivity index (χ1) is 18.2. The van der Waals surface area contributed by atoms with Crippen molar-refractivity contribution in [3.63, 3.8) is 0 Å². The number of fused-ring (bicyclic) bond motifs is 1. The SMILES string of the molecule is CCOc1cc(-c2ccc(N3CCC(OCCC#Cc4ccccc4)CC3)nc2)c2c(C#N)cnn2c1. The molecule has 7 heteroatoms. The predicted molar refractivity (Wildman–Crippen MR) is 143 cm³/mol. The van der Waals surface area contributed by atoms with Crippen molar-refractivity contribution in [3.8, 4) is 34.8 Å². The van der Waals surface area contributed by atoms with Crippen LogP contribution in [0.5, 0.6) is 5.75 Å². The van der Waals surface area contributed by atoms with Crippen molar-refractivity contribution in [2.45, 2.75) is 32.3 Å². The van der Waals surface area contributed by atoms with E-state index in [4.69, 9.17) is 14.5 Å². The number of nitriles is 1. The molecule has 0 N–H and O–H groups in total. The molecule has 0 bridgehead atoms.